The van der Waals surface area contributed by atoms with Crippen LogP contribution >= 0.6 is 0 Å². The predicted molar refractivity (Wildman–Crippen MR) is 90.2 cm³/mol. The molecule has 0 amide bonds. The van der Waals surface area contributed by atoms with Crippen LogP contribution in [0.3, 0.4) is 0 Å². The van der Waals surface area contributed by atoms with Gasteiger partial charge in [-0.25, -0.2) is 5.01 Å². The molecule has 0 N–H and O–H groups in total. The number of ketones is 1. The highest BCUT2D eigenvalue weighted by Crippen LogP contribution is 2.39. The highest BCUT2D eigenvalue weighted by atomic mass is 16.1. The van der Waals surface area contributed by atoms with E-state index in [0.717, 1.165) is 16.9 Å². The van der Waals surface area contributed by atoms with Crippen LogP contribution in [0.4, 0.5) is 5.69 Å². The zero-order valence-electron chi connectivity index (χ0n) is 13.2. The van der Waals surface area contributed by atoms with E-state index in [2.05, 4.69) is 35.4 Å². The number of Topliss-reactive ketones (excluding diaryl/α,β-unsaturated/α-hetero) is 1. The minimum Gasteiger partial charge on any atom is -0.297 e. The Hall–Kier alpha value is -2.39. The summed E-state index contributed by atoms with van der Waals surface area (Å²) in [6, 6.07) is 20.3. The molecule has 2 aromatic carbocycles. The molecular formula is C19H20N2O. The zero-order valence-corrected chi connectivity index (χ0v) is 13.2. The van der Waals surface area contributed by atoms with Crippen molar-refractivity contribution in [3.05, 3.63) is 72.3 Å². The standard InChI is InChI=1S/C19H20N2O/c1-15(22)19(2)14-18(16-10-6-4-7-11-16)21(20(19)3)17-12-8-5-9-13-17/h4-14H,1-3H3. The molecule has 3 rings (SSSR count). The Kier molecular flexibility index (Phi) is 3.59. The lowest BCUT2D eigenvalue weighted by atomic mass is 9.96. The molecule has 1 aliphatic rings. The molecule has 0 radical (unpaired) electrons. The molecule has 3 heteroatoms. The SMILES string of the molecule is CC(=O)C1(C)C=C(c2ccccc2)N(c2ccccc2)N1C. The first-order chi connectivity index (χ1) is 10.5. The number of anilines is 1. The molecule has 1 aliphatic heterocycles. The lowest BCUT2D eigenvalue weighted by Gasteiger charge is -2.37. The Morgan fingerprint density at radius 3 is 2.05 bits per heavy atom. The number of hydrazine groups is 1. The maximum absolute atomic E-state index is 12.2. The molecule has 0 saturated carbocycles. The van der Waals surface area contributed by atoms with E-state index in [1.165, 1.54) is 0 Å². The number of para-hydroxylation sites is 1. The highest BCUT2D eigenvalue weighted by Gasteiger charge is 2.43. The monoisotopic (exact) mass is 292 g/mol. The number of likely N-dealkylation sites (N-methyl/N-ethyl adjacent to an activating group) is 1. The van der Waals surface area contributed by atoms with Gasteiger partial charge < -0.3 is 0 Å². The first-order valence-electron chi connectivity index (χ1n) is 7.42. The van der Waals surface area contributed by atoms with Crippen LogP contribution in [0, 0.1) is 0 Å². The molecule has 0 aromatic heterocycles. The van der Waals surface area contributed by atoms with Crippen LogP contribution in [0.25, 0.3) is 5.70 Å². The molecule has 112 valence electrons. The molecule has 1 heterocycles. The van der Waals surface area contributed by atoms with Crippen LogP contribution in [0.2, 0.25) is 0 Å². The van der Waals surface area contributed by atoms with Gasteiger partial charge in [0.2, 0.25) is 0 Å². The summed E-state index contributed by atoms with van der Waals surface area (Å²) in [5, 5.41) is 4.11. The van der Waals surface area contributed by atoms with Gasteiger partial charge in [-0.3, -0.25) is 9.80 Å². The predicted octanol–water partition coefficient (Wildman–Crippen LogP) is 3.74. The van der Waals surface area contributed by atoms with Crippen LogP contribution in [0.5, 0.6) is 0 Å². The molecule has 0 saturated heterocycles. The van der Waals surface area contributed by atoms with Crippen molar-refractivity contribution in [3.8, 4) is 0 Å². The second-order valence-corrected chi connectivity index (χ2v) is 5.77. The number of carbonyl (C=O) groups excluding carboxylic acids is 1. The van der Waals surface area contributed by atoms with Crippen molar-refractivity contribution in [2.75, 3.05) is 12.1 Å². The Morgan fingerprint density at radius 1 is 0.955 bits per heavy atom. The third kappa shape index (κ3) is 2.24. The molecule has 0 aliphatic carbocycles. The first-order valence-corrected chi connectivity index (χ1v) is 7.42. The van der Waals surface area contributed by atoms with Gasteiger partial charge >= 0.3 is 0 Å². The summed E-state index contributed by atoms with van der Waals surface area (Å²) in [5.74, 6) is 0.127. The van der Waals surface area contributed by atoms with Crippen molar-refractivity contribution < 1.29 is 4.79 Å². The van der Waals surface area contributed by atoms with Crippen LogP contribution < -0.4 is 5.01 Å². The summed E-state index contributed by atoms with van der Waals surface area (Å²) in [4.78, 5) is 12.2. The van der Waals surface area contributed by atoms with Crippen molar-refractivity contribution in [3.63, 3.8) is 0 Å². The molecule has 2 aromatic rings. The van der Waals surface area contributed by atoms with E-state index >= 15 is 0 Å². The molecule has 22 heavy (non-hydrogen) atoms. The zero-order chi connectivity index (χ0) is 15.7. The van der Waals surface area contributed by atoms with E-state index in [-0.39, 0.29) is 5.78 Å². The van der Waals surface area contributed by atoms with E-state index < -0.39 is 5.54 Å². The number of carbonyl (C=O) groups is 1. The number of hydrogen-bond donors (Lipinski definition) is 0. The number of benzene rings is 2. The molecule has 1 unspecified atom stereocenters. The third-order valence-corrected chi connectivity index (χ3v) is 4.40. The molecule has 0 fully saturated rings. The fourth-order valence-corrected chi connectivity index (χ4v) is 2.82. The largest absolute Gasteiger partial charge is 0.297 e. The normalized spacial score (nSPS) is 21.8. The number of hydrogen-bond acceptors (Lipinski definition) is 3. The van der Waals surface area contributed by atoms with Crippen LogP contribution in [-0.4, -0.2) is 23.4 Å². The van der Waals surface area contributed by atoms with Crippen LogP contribution in [0.1, 0.15) is 19.4 Å². The van der Waals surface area contributed by atoms with Gasteiger partial charge in [0.05, 0.1) is 11.4 Å². The Bertz CT molecular complexity index is 709. The smallest absolute Gasteiger partial charge is 0.155 e. The van der Waals surface area contributed by atoms with Gasteiger partial charge in [0.1, 0.15) is 5.54 Å². The lowest BCUT2D eigenvalue weighted by Crippen LogP contribution is -2.50. The Morgan fingerprint density at radius 2 is 1.50 bits per heavy atom. The van der Waals surface area contributed by atoms with Gasteiger partial charge in [0.15, 0.2) is 5.78 Å². The minimum atomic E-state index is -0.638. The van der Waals surface area contributed by atoms with E-state index in [1.54, 1.807) is 6.92 Å². The molecule has 0 bridgehead atoms. The number of nitrogens with zero attached hydrogens (tertiary/aromatic N) is 2. The summed E-state index contributed by atoms with van der Waals surface area (Å²) in [7, 11) is 1.96. The maximum atomic E-state index is 12.2. The first kappa shape index (κ1) is 14.5. The fraction of sp³-hybridized carbons (Fsp3) is 0.211. The van der Waals surface area contributed by atoms with Crippen molar-refractivity contribution in [2.24, 2.45) is 0 Å². The van der Waals surface area contributed by atoms with Gasteiger partial charge in [-0.1, -0.05) is 48.5 Å². The van der Waals surface area contributed by atoms with Crippen LogP contribution in [0.15, 0.2) is 66.7 Å². The third-order valence-electron chi connectivity index (χ3n) is 4.40. The van der Waals surface area contributed by atoms with E-state index in [9.17, 15) is 4.79 Å². The van der Waals surface area contributed by atoms with E-state index in [0.29, 0.717) is 0 Å². The molecule has 3 nitrogen and oxygen atoms in total. The lowest BCUT2D eigenvalue weighted by molar-refractivity contribution is -0.124. The quantitative estimate of drug-likeness (QED) is 0.861. The topological polar surface area (TPSA) is 23.6 Å². The molecule has 0 spiro atoms. The molecule has 1 atom stereocenters. The summed E-state index contributed by atoms with van der Waals surface area (Å²) < 4.78 is 0. The van der Waals surface area contributed by atoms with Gasteiger partial charge in [0, 0.05) is 7.05 Å². The second kappa shape index (κ2) is 5.43. The summed E-state index contributed by atoms with van der Waals surface area (Å²) in [5.41, 5.74) is 2.54. The summed E-state index contributed by atoms with van der Waals surface area (Å²) in [6.45, 7) is 3.60. The van der Waals surface area contributed by atoms with Crippen molar-refractivity contribution >= 4 is 17.2 Å². The van der Waals surface area contributed by atoms with E-state index in [1.807, 2.05) is 55.4 Å². The fourth-order valence-electron chi connectivity index (χ4n) is 2.82. The average Bonchev–Trinajstić information content (AvgIpc) is 2.82. The maximum Gasteiger partial charge on any atom is 0.155 e. The Labute approximate surface area is 131 Å². The van der Waals surface area contributed by atoms with Crippen molar-refractivity contribution in [2.45, 2.75) is 19.4 Å². The number of rotatable bonds is 3. The highest BCUT2D eigenvalue weighted by molar-refractivity contribution is 5.95. The molecular weight excluding hydrogens is 272 g/mol. The van der Waals surface area contributed by atoms with E-state index in [4.69, 9.17) is 0 Å². The van der Waals surface area contributed by atoms with Gasteiger partial charge in [-0.15, -0.1) is 0 Å². The van der Waals surface area contributed by atoms with Gasteiger partial charge in [-0.05, 0) is 37.6 Å². The van der Waals surface area contributed by atoms with Crippen molar-refractivity contribution in [1.82, 2.24) is 5.01 Å². The minimum absolute atomic E-state index is 0.127. The van der Waals surface area contributed by atoms with Crippen molar-refractivity contribution in [1.29, 1.82) is 0 Å². The summed E-state index contributed by atoms with van der Waals surface area (Å²) in [6.07, 6.45) is 2.05. The summed E-state index contributed by atoms with van der Waals surface area (Å²) >= 11 is 0. The van der Waals surface area contributed by atoms with Crippen LogP contribution in [-0.2, 0) is 4.79 Å². The van der Waals surface area contributed by atoms with Gasteiger partial charge in [0.25, 0.3) is 0 Å². The second-order valence-electron chi connectivity index (χ2n) is 5.77. The van der Waals surface area contributed by atoms with Gasteiger partial charge in [-0.2, -0.15) is 0 Å². The Balaban J connectivity index is 2.15. The average molecular weight is 292 g/mol.